The minimum atomic E-state index is 0.663. The first-order chi connectivity index (χ1) is 18.8. The molecule has 0 spiro atoms. The first kappa shape index (κ1) is 22.3. The lowest BCUT2D eigenvalue weighted by Crippen LogP contribution is -2.06. The summed E-state index contributed by atoms with van der Waals surface area (Å²) in [7, 11) is 0. The van der Waals surface area contributed by atoms with E-state index in [2.05, 4.69) is 104 Å². The molecule has 6 aromatic rings. The Balaban J connectivity index is 1.47. The third-order valence-corrected chi connectivity index (χ3v) is 10.2. The van der Waals surface area contributed by atoms with E-state index in [1.54, 1.807) is 11.1 Å². The summed E-state index contributed by atoms with van der Waals surface area (Å²) in [5.74, 6) is 0.663. The van der Waals surface area contributed by atoms with Crippen molar-refractivity contribution in [3.63, 3.8) is 0 Å². The van der Waals surface area contributed by atoms with Gasteiger partial charge in [-0.05, 0) is 104 Å². The van der Waals surface area contributed by atoms with E-state index in [0.717, 1.165) is 12.8 Å². The third-order valence-electron chi connectivity index (χ3n) is 8.93. The smallest absolute Gasteiger partial charge is 0.0430 e. The highest BCUT2D eigenvalue weighted by molar-refractivity contribution is 7.20. The predicted molar refractivity (Wildman–Crippen MR) is 166 cm³/mol. The Morgan fingerprint density at radius 3 is 2.18 bits per heavy atom. The number of thiophene rings is 1. The SMILES string of the molecule is CC1CCCc2cc(-c3c4ccccc4c(-c4cccc5c6c(sc45)C=CCC6)c4ccccc34)ccc21. The fraction of sp³-hybridized carbons (Fsp3) is 0.189. The van der Waals surface area contributed by atoms with Crippen LogP contribution in [-0.2, 0) is 12.8 Å². The van der Waals surface area contributed by atoms with Gasteiger partial charge < -0.3 is 0 Å². The molecule has 38 heavy (non-hydrogen) atoms. The fourth-order valence-corrected chi connectivity index (χ4v) is 8.44. The molecule has 1 unspecified atom stereocenters. The summed E-state index contributed by atoms with van der Waals surface area (Å²) in [4.78, 5) is 1.44. The number of aryl methyl sites for hydroxylation is 2. The van der Waals surface area contributed by atoms with Crippen LogP contribution in [0.1, 0.15) is 53.7 Å². The van der Waals surface area contributed by atoms with Gasteiger partial charge in [0.25, 0.3) is 0 Å². The maximum Gasteiger partial charge on any atom is 0.0430 e. The molecule has 1 aromatic heterocycles. The zero-order valence-electron chi connectivity index (χ0n) is 21.8. The van der Waals surface area contributed by atoms with E-state index in [4.69, 9.17) is 0 Å². The summed E-state index contributed by atoms with van der Waals surface area (Å²) in [6.45, 7) is 2.38. The number of benzene rings is 5. The Bertz CT molecular complexity index is 1860. The summed E-state index contributed by atoms with van der Waals surface area (Å²) >= 11 is 1.97. The monoisotopic (exact) mass is 506 g/mol. The van der Waals surface area contributed by atoms with Crippen LogP contribution in [0.15, 0.2) is 91.0 Å². The minimum absolute atomic E-state index is 0.663. The van der Waals surface area contributed by atoms with Gasteiger partial charge in [-0.3, -0.25) is 0 Å². The van der Waals surface area contributed by atoms with Crippen LogP contribution in [0.2, 0.25) is 0 Å². The second kappa shape index (κ2) is 8.68. The highest BCUT2D eigenvalue weighted by Gasteiger charge is 2.22. The Morgan fingerprint density at radius 1 is 0.711 bits per heavy atom. The van der Waals surface area contributed by atoms with Crippen molar-refractivity contribution < 1.29 is 0 Å². The lowest BCUT2D eigenvalue weighted by molar-refractivity contribution is 0.590. The molecule has 0 fully saturated rings. The zero-order valence-corrected chi connectivity index (χ0v) is 22.6. The predicted octanol–water partition coefficient (Wildman–Crippen LogP) is 10.9. The largest absolute Gasteiger partial charge is 0.135 e. The maximum atomic E-state index is 2.50. The lowest BCUT2D eigenvalue weighted by atomic mass is 9.81. The Kier molecular flexibility index (Phi) is 5.10. The third kappa shape index (κ3) is 3.28. The van der Waals surface area contributed by atoms with Gasteiger partial charge in [0.15, 0.2) is 0 Å². The molecule has 0 saturated heterocycles. The molecule has 0 bridgehead atoms. The van der Waals surface area contributed by atoms with E-state index in [1.165, 1.54) is 83.6 Å². The molecule has 5 aromatic carbocycles. The standard InChI is InChI=1S/C37H30S/c1-23-10-8-11-24-22-25(20-21-26(23)24)35-28-13-2-4-15-30(28)36(31-16-5-3-14-29(31)35)33-18-9-17-32-27-12-6-7-19-34(27)38-37(32)33/h2-5,7,9,13-23H,6,8,10-12H2,1H3. The van der Waals surface area contributed by atoms with E-state index in [0.29, 0.717) is 5.92 Å². The highest BCUT2D eigenvalue weighted by atomic mass is 32.1. The van der Waals surface area contributed by atoms with Gasteiger partial charge in [-0.2, -0.15) is 0 Å². The van der Waals surface area contributed by atoms with Crippen LogP contribution in [0.25, 0.3) is 60.0 Å². The fourth-order valence-electron chi connectivity index (χ4n) is 7.14. The molecule has 0 saturated carbocycles. The molecule has 0 nitrogen and oxygen atoms in total. The number of allylic oxidation sites excluding steroid dienone is 1. The molecule has 1 heteroatoms. The van der Waals surface area contributed by atoms with Crippen LogP contribution in [-0.4, -0.2) is 0 Å². The molecule has 0 amide bonds. The van der Waals surface area contributed by atoms with Crippen molar-refractivity contribution in [2.24, 2.45) is 0 Å². The number of rotatable bonds is 2. The van der Waals surface area contributed by atoms with Crippen LogP contribution in [0, 0.1) is 0 Å². The molecule has 1 atom stereocenters. The minimum Gasteiger partial charge on any atom is -0.135 e. The van der Waals surface area contributed by atoms with Gasteiger partial charge in [0.05, 0.1) is 0 Å². The summed E-state index contributed by atoms with van der Waals surface area (Å²) < 4.78 is 1.43. The molecule has 0 N–H and O–H groups in total. The van der Waals surface area contributed by atoms with Gasteiger partial charge >= 0.3 is 0 Å². The Labute approximate surface area is 228 Å². The molecule has 1 heterocycles. The van der Waals surface area contributed by atoms with Gasteiger partial charge in [0, 0.05) is 15.1 Å². The van der Waals surface area contributed by atoms with E-state index >= 15 is 0 Å². The summed E-state index contributed by atoms with van der Waals surface area (Å²) in [5, 5.41) is 6.84. The van der Waals surface area contributed by atoms with Gasteiger partial charge in [-0.25, -0.2) is 0 Å². The number of fused-ring (bicyclic) bond motifs is 6. The second-order valence-corrected chi connectivity index (χ2v) is 12.2. The van der Waals surface area contributed by atoms with Gasteiger partial charge in [-0.15, -0.1) is 11.3 Å². The molecular weight excluding hydrogens is 476 g/mol. The van der Waals surface area contributed by atoms with Crippen molar-refractivity contribution >= 4 is 49.0 Å². The average Bonchev–Trinajstić information content (AvgIpc) is 3.35. The molecule has 0 radical (unpaired) electrons. The Hall–Kier alpha value is -3.68. The molecular formula is C37H30S. The normalized spacial score (nSPS) is 16.7. The summed E-state index contributed by atoms with van der Waals surface area (Å²) in [5.41, 5.74) is 10.1. The average molecular weight is 507 g/mol. The van der Waals surface area contributed by atoms with Crippen LogP contribution in [0.4, 0.5) is 0 Å². The van der Waals surface area contributed by atoms with Crippen LogP contribution < -0.4 is 0 Å². The molecule has 0 aliphatic heterocycles. The van der Waals surface area contributed by atoms with Crippen molar-refractivity contribution in [2.75, 3.05) is 0 Å². The van der Waals surface area contributed by atoms with Crippen LogP contribution >= 0.6 is 11.3 Å². The first-order valence-electron chi connectivity index (χ1n) is 14.1. The Morgan fingerprint density at radius 2 is 1.42 bits per heavy atom. The molecule has 8 rings (SSSR count). The van der Waals surface area contributed by atoms with Crippen molar-refractivity contribution in [1.29, 1.82) is 0 Å². The van der Waals surface area contributed by atoms with E-state index in [-0.39, 0.29) is 0 Å². The number of hydrogen-bond acceptors (Lipinski definition) is 1. The first-order valence-corrected chi connectivity index (χ1v) is 14.9. The van der Waals surface area contributed by atoms with Crippen molar-refractivity contribution in [3.8, 4) is 22.3 Å². The molecule has 2 aliphatic rings. The number of hydrogen-bond donors (Lipinski definition) is 0. The van der Waals surface area contributed by atoms with Gasteiger partial charge in [0.2, 0.25) is 0 Å². The van der Waals surface area contributed by atoms with Crippen molar-refractivity contribution in [2.45, 2.75) is 44.9 Å². The summed E-state index contributed by atoms with van der Waals surface area (Å²) in [6.07, 6.45) is 10.7. The quantitative estimate of drug-likeness (QED) is 0.205. The molecule has 184 valence electrons. The van der Waals surface area contributed by atoms with Crippen molar-refractivity contribution in [3.05, 3.63) is 113 Å². The molecule has 2 aliphatic carbocycles. The zero-order chi connectivity index (χ0) is 25.2. The van der Waals surface area contributed by atoms with Gasteiger partial charge in [-0.1, -0.05) is 97.9 Å². The van der Waals surface area contributed by atoms with Gasteiger partial charge in [0.1, 0.15) is 0 Å². The van der Waals surface area contributed by atoms with Crippen LogP contribution in [0.5, 0.6) is 0 Å². The topological polar surface area (TPSA) is 0 Å². The summed E-state index contributed by atoms with van der Waals surface area (Å²) in [6, 6.07) is 32.4. The van der Waals surface area contributed by atoms with E-state index in [9.17, 15) is 0 Å². The van der Waals surface area contributed by atoms with E-state index < -0.39 is 0 Å². The van der Waals surface area contributed by atoms with Crippen LogP contribution in [0.3, 0.4) is 0 Å². The lowest BCUT2D eigenvalue weighted by Gasteiger charge is -2.24. The van der Waals surface area contributed by atoms with Crippen molar-refractivity contribution in [1.82, 2.24) is 0 Å². The second-order valence-electron chi connectivity index (χ2n) is 11.1. The highest BCUT2D eigenvalue weighted by Crippen LogP contribution is 2.48. The maximum absolute atomic E-state index is 2.50. The van der Waals surface area contributed by atoms with E-state index in [1.807, 2.05) is 11.3 Å².